The molecule has 4 nitrogen and oxygen atoms in total. The Morgan fingerprint density at radius 3 is 2.83 bits per heavy atom. The molecule has 0 radical (unpaired) electrons. The van der Waals surface area contributed by atoms with Crippen LogP contribution in [0.3, 0.4) is 0 Å². The molecule has 0 saturated carbocycles. The van der Waals surface area contributed by atoms with E-state index in [1.807, 2.05) is 31.2 Å². The molecule has 3 N–H and O–H groups in total. The van der Waals surface area contributed by atoms with Gasteiger partial charge in [0, 0.05) is 17.0 Å². The molecule has 3 aromatic rings. The van der Waals surface area contributed by atoms with Crippen molar-refractivity contribution in [1.29, 1.82) is 0 Å². The number of aliphatic hydroxyl groups is 1. The second-order valence-corrected chi connectivity index (χ2v) is 4.42. The molecule has 0 fully saturated rings. The van der Waals surface area contributed by atoms with Crippen LogP contribution in [0.4, 0.5) is 5.82 Å². The number of fused-ring (bicyclic) bond motifs is 3. The van der Waals surface area contributed by atoms with Gasteiger partial charge in [0.25, 0.3) is 0 Å². The Morgan fingerprint density at radius 2 is 2.06 bits per heavy atom. The quantitative estimate of drug-likeness (QED) is 0.638. The number of rotatable bonds is 1. The van der Waals surface area contributed by atoms with E-state index in [1.54, 1.807) is 6.20 Å². The smallest absolute Gasteiger partial charge is 0.150 e. The van der Waals surface area contributed by atoms with Crippen molar-refractivity contribution >= 4 is 27.6 Å². The Hall–Kier alpha value is -2.20. The molecular formula is C14H13N3O. The largest absolute Gasteiger partial charge is 0.392 e. The molecule has 0 aliphatic rings. The summed E-state index contributed by atoms with van der Waals surface area (Å²) < 4.78 is 0. The van der Waals surface area contributed by atoms with Crippen LogP contribution < -0.4 is 5.73 Å². The summed E-state index contributed by atoms with van der Waals surface area (Å²) in [5.41, 5.74) is 9.38. The van der Waals surface area contributed by atoms with Crippen LogP contribution in [0.1, 0.15) is 11.1 Å². The van der Waals surface area contributed by atoms with Gasteiger partial charge in [0.15, 0.2) is 5.82 Å². The van der Waals surface area contributed by atoms with Gasteiger partial charge >= 0.3 is 0 Å². The molecule has 0 unspecified atom stereocenters. The minimum atomic E-state index is -0.0292. The summed E-state index contributed by atoms with van der Waals surface area (Å²) in [5.74, 6) is 0.424. The van der Waals surface area contributed by atoms with E-state index in [4.69, 9.17) is 5.73 Å². The summed E-state index contributed by atoms with van der Waals surface area (Å²) in [5, 5.41) is 11.1. The summed E-state index contributed by atoms with van der Waals surface area (Å²) in [6.45, 7) is 1.99. The first-order chi connectivity index (χ1) is 8.69. The fourth-order valence-corrected chi connectivity index (χ4v) is 2.15. The molecule has 4 heteroatoms. The lowest BCUT2D eigenvalue weighted by Gasteiger charge is -2.07. The van der Waals surface area contributed by atoms with Crippen molar-refractivity contribution in [1.82, 2.24) is 9.97 Å². The molecule has 2 heterocycles. The normalized spacial score (nSPS) is 11.2. The molecule has 90 valence electrons. The highest BCUT2D eigenvalue weighted by atomic mass is 16.3. The zero-order valence-corrected chi connectivity index (χ0v) is 10.0. The molecule has 0 saturated heterocycles. The summed E-state index contributed by atoms with van der Waals surface area (Å²) >= 11 is 0. The fraction of sp³-hybridized carbons (Fsp3) is 0.143. The maximum absolute atomic E-state index is 9.20. The average molecular weight is 239 g/mol. The molecule has 0 bridgehead atoms. The first-order valence-electron chi connectivity index (χ1n) is 5.74. The molecule has 0 aliphatic heterocycles. The van der Waals surface area contributed by atoms with Gasteiger partial charge in [-0.05, 0) is 30.2 Å². The van der Waals surface area contributed by atoms with Gasteiger partial charge in [0.1, 0.15) is 5.52 Å². The van der Waals surface area contributed by atoms with E-state index in [-0.39, 0.29) is 6.61 Å². The van der Waals surface area contributed by atoms with Crippen molar-refractivity contribution in [2.24, 2.45) is 0 Å². The van der Waals surface area contributed by atoms with Gasteiger partial charge in [-0.15, -0.1) is 0 Å². The fourth-order valence-electron chi connectivity index (χ4n) is 2.15. The van der Waals surface area contributed by atoms with Crippen LogP contribution in [0.25, 0.3) is 21.8 Å². The number of nitrogen functional groups attached to an aromatic ring is 1. The van der Waals surface area contributed by atoms with Crippen molar-refractivity contribution in [3.63, 3.8) is 0 Å². The lowest BCUT2D eigenvalue weighted by Crippen LogP contribution is -1.97. The van der Waals surface area contributed by atoms with E-state index in [1.165, 1.54) is 0 Å². The summed E-state index contributed by atoms with van der Waals surface area (Å²) in [6, 6.07) is 7.96. The minimum Gasteiger partial charge on any atom is -0.392 e. The molecule has 0 atom stereocenters. The highest BCUT2D eigenvalue weighted by Crippen LogP contribution is 2.27. The van der Waals surface area contributed by atoms with Gasteiger partial charge in [-0.2, -0.15) is 0 Å². The Morgan fingerprint density at radius 1 is 1.22 bits per heavy atom. The van der Waals surface area contributed by atoms with Crippen LogP contribution in [-0.4, -0.2) is 15.1 Å². The summed E-state index contributed by atoms with van der Waals surface area (Å²) in [7, 11) is 0. The van der Waals surface area contributed by atoms with Crippen LogP contribution in [0.2, 0.25) is 0 Å². The second kappa shape index (κ2) is 3.92. The van der Waals surface area contributed by atoms with Crippen LogP contribution >= 0.6 is 0 Å². The van der Waals surface area contributed by atoms with E-state index in [0.717, 1.165) is 27.4 Å². The van der Waals surface area contributed by atoms with Crippen molar-refractivity contribution in [3.8, 4) is 0 Å². The SMILES string of the molecule is Cc1ccc2c(c1)nc(N)c1ncc(CO)cc12. The Bertz CT molecular complexity index is 753. The van der Waals surface area contributed by atoms with Crippen molar-refractivity contribution in [2.45, 2.75) is 13.5 Å². The van der Waals surface area contributed by atoms with Crippen LogP contribution in [0.5, 0.6) is 0 Å². The minimum absolute atomic E-state index is 0.0292. The van der Waals surface area contributed by atoms with Crippen molar-refractivity contribution < 1.29 is 5.11 Å². The highest BCUT2D eigenvalue weighted by molar-refractivity contribution is 6.08. The topological polar surface area (TPSA) is 72.0 Å². The molecule has 18 heavy (non-hydrogen) atoms. The summed E-state index contributed by atoms with van der Waals surface area (Å²) in [4.78, 5) is 8.65. The van der Waals surface area contributed by atoms with Crippen LogP contribution in [-0.2, 0) is 6.61 Å². The molecule has 0 spiro atoms. The Labute approximate surface area is 104 Å². The summed E-state index contributed by atoms with van der Waals surface area (Å²) in [6.07, 6.45) is 1.63. The number of nitrogens with two attached hydrogens (primary N) is 1. The maximum atomic E-state index is 9.20. The maximum Gasteiger partial charge on any atom is 0.150 e. The van der Waals surface area contributed by atoms with Gasteiger partial charge in [-0.25, -0.2) is 4.98 Å². The third-order valence-electron chi connectivity index (χ3n) is 3.05. The first-order valence-corrected chi connectivity index (χ1v) is 5.74. The lowest BCUT2D eigenvalue weighted by molar-refractivity contribution is 0.281. The van der Waals surface area contributed by atoms with E-state index >= 15 is 0 Å². The van der Waals surface area contributed by atoms with Gasteiger partial charge in [-0.1, -0.05) is 12.1 Å². The monoisotopic (exact) mass is 239 g/mol. The van der Waals surface area contributed by atoms with E-state index < -0.39 is 0 Å². The average Bonchev–Trinajstić information content (AvgIpc) is 2.38. The molecular weight excluding hydrogens is 226 g/mol. The molecule has 2 aromatic heterocycles. The molecule has 1 aromatic carbocycles. The standard InChI is InChI=1S/C14H13N3O/c1-8-2-3-10-11-5-9(7-18)6-16-13(11)14(15)17-12(10)4-8/h2-6,18H,7H2,1H3,(H2,15,17). The van der Waals surface area contributed by atoms with Gasteiger partial charge in [0.2, 0.25) is 0 Å². The van der Waals surface area contributed by atoms with E-state index in [0.29, 0.717) is 11.3 Å². The Kier molecular flexibility index (Phi) is 2.38. The number of benzene rings is 1. The number of hydrogen-bond donors (Lipinski definition) is 2. The lowest BCUT2D eigenvalue weighted by atomic mass is 10.1. The predicted molar refractivity (Wildman–Crippen MR) is 72.1 cm³/mol. The zero-order valence-electron chi connectivity index (χ0n) is 10.0. The number of aryl methyl sites for hydroxylation is 1. The van der Waals surface area contributed by atoms with E-state index in [2.05, 4.69) is 9.97 Å². The van der Waals surface area contributed by atoms with Crippen molar-refractivity contribution in [2.75, 3.05) is 5.73 Å². The number of hydrogen-bond acceptors (Lipinski definition) is 4. The number of nitrogens with zero attached hydrogens (tertiary/aromatic N) is 2. The first kappa shape index (κ1) is 10.9. The molecule has 0 aliphatic carbocycles. The third-order valence-corrected chi connectivity index (χ3v) is 3.05. The van der Waals surface area contributed by atoms with Gasteiger partial charge < -0.3 is 10.8 Å². The predicted octanol–water partition coefficient (Wildman–Crippen LogP) is 2.17. The molecule has 3 rings (SSSR count). The van der Waals surface area contributed by atoms with Crippen LogP contribution in [0.15, 0.2) is 30.5 Å². The third kappa shape index (κ3) is 1.58. The van der Waals surface area contributed by atoms with Crippen LogP contribution in [0, 0.1) is 6.92 Å². The van der Waals surface area contributed by atoms with Crippen molar-refractivity contribution in [3.05, 3.63) is 41.6 Å². The number of aromatic nitrogens is 2. The zero-order chi connectivity index (χ0) is 12.7. The molecule has 0 amide bonds. The number of pyridine rings is 2. The second-order valence-electron chi connectivity index (χ2n) is 4.42. The van der Waals surface area contributed by atoms with Gasteiger partial charge in [0.05, 0.1) is 12.1 Å². The number of anilines is 1. The number of aliphatic hydroxyl groups excluding tert-OH is 1. The van der Waals surface area contributed by atoms with E-state index in [9.17, 15) is 5.11 Å². The Balaban J connectivity index is 2.50. The van der Waals surface area contributed by atoms with Gasteiger partial charge in [-0.3, -0.25) is 4.98 Å². The highest BCUT2D eigenvalue weighted by Gasteiger charge is 2.08.